The predicted molar refractivity (Wildman–Crippen MR) is 73.3 cm³/mol. The highest BCUT2D eigenvalue weighted by Crippen LogP contribution is 2.26. The normalized spacial score (nSPS) is 17.1. The number of benzene rings is 1. The summed E-state index contributed by atoms with van der Waals surface area (Å²) in [7, 11) is 0. The van der Waals surface area contributed by atoms with E-state index in [4.69, 9.17) is 4.74 Å². The summed E-state index contributed by atoms with van der Waals surface area (Å²) in [6, 6.07) is 8.40. The molecule has 4 heteroatoms. The summed E-state index contributed by atoms with van der Waals surface area (Å²) >= 11 is 1.56. The van der Waals surface area contributed by atoms with Gasteiger partial charge in [-0.05, 0) is 23.1 Å². The molecule has 3 nitrogen and oxygen atoms in total. The minimum atomic E-state index is 0.800. The van der Waals surface area contributed by atoms with E-state index in [1.165, 1.54) is 10.3 Å². The standard InChI is InChI=1S/C14H15NO2S/c16-10-13-8-12-2-1-11(7-14(12)18-13)9-15-3-5-17-6-4-15/h1-2,7-8,10H,3-6,9H2. The van der Waals surface area contributed by atoms with Gasteiger partial charge in [-0.15, -0.1) is 11.3 Å². The fourth-order valence-corrected chi connectivity index (χ4v) is 3.21. The van der Waals surface area contributed by atoms with Gasteiger partial charge in [-0.1, -0.05) is 12.1 Å². The average Bonchev–Trinajstić information content (AvgIpc) is 2.82. The van der Waals surface area contributed by atoms with Crippen molar-refractivity contribution in [1.29, 1.82) is 0 Å². The smallest absolute Gasteiger partial charge is 0.160 e. The van der Waals surface area contributed by atoms with Crippen LogP contribution in [0, 0.1) is 0 Å². The molecule has 0 spiro atoms. The molecule has 0 saturated carbocycles. The molecule has 3 rings (SSSR count). The van der Waals surface area contributed by atoms with Crippen LogP contribution in [0.2, 0.25) is 0 Å². The second-order valence-electron chi connectivity index (χ2n) is 4.53. The predicted octanol–water partition coefficient (Wildman–Crippen LogP) is 2.55. The zero-order valence-electron chi connectivity index (χ0n) is 10.1. The summed E-state index contributed by atoms with van der Waals surface area (Å²) in [6.45, 7) is 4.63. The SMILES string of the molecule is O=Cc1cc2ccc(CN3CCOCC3)cc2s1. The van der Waals surface area contributed by atoms with Crippen LogP contribution in [0.1, 0.15) is 15.2 Å². The van der Waals surface area contributed by atoms with Gasteiger partial charge >= 0.3 is 0 Å². The Balaban J connectivity index is 1.81. The number of fused-ring (bicyclic) bond motifs is 1. The van der Waals surface area contributed by atoms with Crippen molar-refractivity contribution < 1.29 is 9.53 Å². The van der Waals surface area contributed by atoms with E-state index >= 15 is 0 Å². The number of ether oxygens (including phenoxy) is 1. The molecule has 1 fully saturated rings. The molecule has 0 N–H and O–H groups in total. The molecule has 18 heavy (non-hydrogen) atoms. The molecule has 0 bridgehead atoms. The summed E-state index contributed by atoms with van der Waals surface area (Å²) in [5, 5.41) is 1.16. The molecular formula is C14H15NO2S. The first-order valence-electron chi connectivity index (χ1n) is 6.13. The molecule has 0 radical (unpaired) electrons. The van der Waals surface area contributed by atoms with E-state index in [0.29, 0.717) is 0 Å². The number of carbonyl (C=O) groups is 1. The number of hydrogen-bond donors (Lipinski definition) is 0. The fourth-order valence-electron chi connectivity index (χ4n) is 2.27. The van der Waals surface area contributed by atoms with Gasteiger partial charge in [0.05, 0.1) is 18.1 Å². The van der Waals surface area contributed by atoms with Crippen LogP contribution >= 0.6 is 11.3 Å². The number of aldehydes is 1. The third-order valence-corrected chi connectivity index (χ3v) is 4.25. The highest BCUT2D eigenvalue weighted by molar-refractivity contribution is 7.20. The average molecular weight is 261 g/mol. The van der Waals surface area contributed by atoms with Crippen molar-refractivity contribution in [2.75, 3.05) is 26.3 Å². The minimum Gasteiger partial charge on any atom is -0.379 e. The lowest BCUT2D eigenvalue weighted by molar-refractivity contribution is 0.0342. The number of thiophene rings is 1. The van der Waals surface area contributed by atoms with Crippen LogP contribution in [-0.2, 0) is 11.3 Å². The van der Waals surface area contributed by atoms with Crippen molar-refractivity contribution in [2.45, 2.75) is 6.54 Å². The van der Waals surface area contributed by atoms with Gasteiger partial charge in [0.15, 0.2) is 6.29 Å². The highest BCUT2D eigenvalue weighted by atomic mass is 32.1. The Kier molecular flexibility index (Phi) is 3.41. The monoisotopic (exact) mass is 261 g/mol. The van der Waals surface area contributed by atoms with Crippen molar-refractivity contribution in [3.05, 3.63) is 34.7 Å². The molecule has 1 aliphatic rings. The Labute approximate surface area is 110 Å². The molecule has 1 aliphatic heterocycles. The number of hydrogen-bond acceptors (Lipinski definition) is 4. The molecule has 1 aromatic heterocycles. The Hall–Kier alpha value is -1.23. The van der Waals surface area contributed by atoms with E-state index < -0.39 is 0 Å². The van der Waals surface area contributed by atoms with Gasteiger partial charge in [0, 0.05) is 24.3 Å². The van der Waals surface area contributed by atoms with Crippen LogP contribution in [0.5, 0.6) is 0 Å². The van der Waals surface area contributed by atoms with E-state index in [-0.39, 0.29) is 0 Å². The Morgan fingerprint density at radius 2 is 2.11 bits per heavy atom. The highest BCUT2D eigenvalue weighted by Gasteiger charge is 2.11. The molecule has 2 heterocycles. The molecule has 1 saturated heterocycles. The Bertz CT molecular complexity index is 558. The molecule has 0 aliphatic carbocycles. The second kappa shape index (κ2) is 5.18. The lowest BCUT2D eigenvalue weighted by Crippen LogP contribution is -2.35. The lowest BCUT2D eigenvalue weighted by atomic mass is 10.1. The molecule has 1 aromatic carbocycles. The van der Waals surface area contributed by atoms with Gasteiger partial charge in [-0.3, -0.25) is 9.69 Å². The molecule has 94 valence electrons. The van der Waals surface area contributed by atoms with Gasteiger partial charge in [-0.2, -0.15) is 0 Å². The van der Waals surface area contributed by atoms with Crippen molar-refractivity contribution >= 4 is 27.7 Å². The largest absolute Gasteiger partial charge is 0.379 e. The molecule has 0 amide bonds. The van der Waals surface area contributed by atoms with E-state index in [2.05, 4.69) is 23.1 Å². The second-order valence-corrected chi connectivity index (χ2v) is 5.64. The van der Waals surface area contributed by atoms with Gasteiger partial charge < -0.3 is 4.74 Å². The van der Waals surface area contributed by atoms with Crippen LogP contribution in [0.25, 0.3) is 10.1 Å². The van der Waals surface area contributed by atoms with Crippen LogP contribution in [0.15, 0.2) is 24.3 Å². The van der Waals surface area contributed by atoms with E-state index in [1.54, 1.807) is 11.3 Å². The van der Waals surface area contributed by atoms with Gasteiger partial charge in [0.2, 0.25) is 0 Å². The quantitative estimate of drug-likeness (QED) is 0.795. The summed E-state index contributed by atoms with van der Waals surface area (Å²) in [5.41, 5.74) is 1.31. The fraction of sp³-hybridized carbons (Fsp3) is 0.357. The van der Waals surface area contributed by atoms with Gasteiger partial charge in [0.1, 0.15) is 0 Å². The van der Waals surface area contributed by atoms with E-state index in [9.17, 15) is 4.79 Å². The molecule has 0 atom stereocenters. The lowest BCUT2D eigenvalue weighted by Gasteiger charge is -2.26. The van der Waals surface area contributed by atoms with Crippen LogP contribution in [-0.4, -0.2) is 37.5 Å². The molecular weight excluding hydrogens is 246 g/mol. The maximum absolute atomic E-state index is 10.8. The van der Waals surface area contributed by atoms with Crippen LogP contribution in [0.4, 0.5) is 0 Å². The molecule has 2 aromatic rings. The number of nitrogens with zero attached hydrogens (tertiary/aromatic N) is 1. The first kappa shape index (κ1) is 11.8. The minimum absolute atomic E-state index is 0.800. The van der Waals surface area contributed by atoms with Gasteiger partial charge in [0.25, 0.3) is 0 Å². The Morgan fingerprint density at radius 1 is 1.28 bits per heavy atom. The first-order valence-corrected chi connectivity index (χ1v) is 6.94. The number of rotatable bonds is 3. The first-order chi connectivity index (χ1) is 8.85. The van der Waals surface area contributed by atoms with Crippen molar-refractivity contribution in [3.63, 3.8) is 0 Å². The number of morpholine rings is 1. The third-order valence-electron chi connectivity index (χ3n) is 3.23. The van der Waals surface area contributed by atoms with Crippen molar-refractivity contribution in [1.82, 2.24) is 4.90 Å². The van der Waals surface area contributed by atoms with Crippen molar-refractivity contribution in [2.24, 2.45) is 0 Å². The summed E-state index contributed by atoms with van der Waals surface area (Å²) < 4.78 is 6.54. The van der Waals surface area contributed by atoms with E-state index in [1.807, 2.05) is 6.07 Å². The van der Waals surface area contributed by atoms with Crippen LogP contribution in [0.3, 0.4) is 0 Å². The maximum atomic E-state index is 10.8. The topological polar surface area (TPSA) is 29.5 Å². The zero-order chi connectivity index (χ0) is 12.4. The third kappa shape index (κ3) is 2.46. The zero-order valence-corrected chi connectivity index (χ0v) is 10.9. The summed E-state index contributed by atoms with van der Waals surface area (Å²) in [5.74, 6) is 0. The van der Waals surface area contributed by atoms with Crippen LogP contribution < -0.4 is 0 Å². The number of carbonyl (C=O) groups excluding carboxylic acids is 1. The molecule has 0 unspecified atom stereocenters. The van der Waals surface area contributed by atoms with Gasteiger partial charge in [-0.25, -0.2) is 0 Å². The Morgan fingerprint density at radius 3 is 2.89 bits per heavy atom. The van der Waals surface area contributed by atoms with Crippen molar-refractivity contribution in [3.8, 4) is 0 Å². The summed E-state index contributed by atoms with van der Waals surface area (Å²) in [6.07, 6.45) is 0.923. The van der Waals surface area contributed by atoms with E-state index in [0.717, 1.165) is 49.4 Å². The maximum Gasteiger partial charge on any atom is 0.160 e. The summed E-state index contributed by atoms with van der Waals surface area (Å²) in [4.78, 5) is 14.0.